The minimum Gasteiger partial charge on any atom is -0.457 e. The molecule has 0 radical (unpaired) electrons. The summed E-state index contributed by atoms with van der Waals surface area (Å²) < 4.78 is 55.2. The van der Waals surface area contributed by atoms with E-state index in [4.69, 9.17) is 10.00 Å². The van der Waals surface area contributed by atoms with Crippen LogP contribution < -0.4 is 4.74 Å². The molecule has 5 nitrogen and oxygen atoms in total. The highest BCUT2D eigenvalue weighted by atomic mass is 32.2. The summed E-state index contributed by atoms with van der Waals surface area (Å²) >= 11 is 0. The maximum atomic E-state index is 12.9. The van der Waals surface area contributed by atoms with Gasteiger partial charge in [0.25, 0.3) is 0 Å². The smallest absolute Gasteiger partial charge is 0.341 e. The van der Waals surface area contributed by atoms with Crippen LogP contribution in [0.1, 0.15) is 29.2 Å². The van der Waals surface area contributed by atoms with Crippen LogP contribution in [-0.2, 0) is 16.3 Å². The van der Waals surface area contributed by atoms with Crippen LogP contribution in [0.25, 0.3) is 0 Å². The van der Waals surface area contributed by atoms with Crippen molar-refractivity contribution in [1.29, 1.82) is 5.26 Å². The van der Waals surface area contributed by atoms with Crippen molar-refractivity contribution in [2.45, 2.75) is 29.6 Å². The molecule has 0 fully saturated rings. The summed E-state index contributed by atoms with van der Waals surface area (Å²) in [5.41, 5.74) is 0.733. The average molecular weight is 365 g/mol. The molecule has 25 heavy (non-hydrogen) atoms. The fraction of sp³-hybridized carbons (Fsp3) is 0.235. The van der Waals surface area contributed by atoms with Gasteiger partial charge in [-0.3, -0.25) is 0 Å². The van der Waals surface area contributed by atoms with Crippen LogP contribution in [0.4, 0.5) is 8.78 Å². The molecule has 0 bridgehead atoms. The summed E-state index contributed by atoms with van der Waals surface area (Å²) in [6, 6.07) is 10.6. The SMILES string of the molecule is N#Cc1cccc(Oc2ccc(S(=O)(=O)C(F)F)c3c2CC[C@H]3O)c1. The normalized spacial score (nSPS) is 16.5. The number of ether oxygens (including phenoxy) is 1. The van der Waals surface area contributed by atoms with E-state index < -0.39 is 26.6 Å². The molecule has 1 aliphatic rings. The molecular formula is C17H13F2NO4S. The summed E-state index contributed by atoms with van der Waals surface area (Å²) in [7, 11) is -4.83. The third-order valence-electron chi connectivity index (χ3n) is 4.01. The number of aliphatic hydroxyl groups is 1. The lowest BCUT2D eigenvalue weighted by Crippen LogP contribution is -2.15. The van der Waals surface area contributed by atoms with Crippen molar-refractivity contribution in [3.05, 3.63) is 53.1 Å². The Balaban J connectivity index is 2.08. The summed E-state index contributed by atoms with van der Waals surface area (Å²) in [4.78, 5) is -0.569. The molecule has 0 saturated carbocycles. The van der Waals surface area contributed by atoms with Gasteiger partial charge in [0.2, 0.25) is 9.84 Å². The first-order chi connectivity index (χ1) is 11.8. The Morgan fingerprint density at radius 2 is 2.04 bits per heavy atom. The van der Waals surface area contributed by atoms with E-state index in [0.29, 0.717) is 23.3 Å². The number of fused-ring (bicyclic) bond motifs is 1. The standard InChI is InChI=1S/C17H13F2NO4S/c18-17(19)25(22,23)15-7-6-14(12-4-5-13(21)16(12)15)24-11-3-1-2-10(8-11)9-20/h1-3,6-8,13,17,21H,4-5H2/t13-/m1/s1. The van der Waals surface area contributed by atoms with Crippen LogP contribution in [0.15, 0.2) is 41.3 Å². The number of sulfone groups is 1. The van der Waals surface area contributed by atoms with Gasteiger partial charge in [-0.1, -0.05) is 6.07 Å². The number of nitriles is 1. The molecule has 1 aliphatic carbocycles. The first-order valence-electron chi connectivity index (χ1n) is 7.38. The predicted molar refractivity (Wildman–Crippen MR) is 84.1 cm³/mol. The molecule has 0 saturated heterocycles. The van der Waals surface area contributed by atoms with Crippen molar-refractivity contribution in [2.75, 3.05) is 0 Å². The lowest BCUT2D eigenvalue weighted by atomic mass is 10.1. The van der Waals surface area contributed by atoms with Gasteiger partial charge in [-0.05, 0) is 43.2 Å². The Morgan fingerprint density at radius 1 is 1.28 bits per heavy atom. The lowest BCUT2D eigenvalue weighted by Gasteiger charge is -2.15. The molecule has 8 heteroatoms. The topological polar surface area (TPSA) is 87.4 Å². The van der Waals surface area contributed by atoms with E-state index in [0.717, 1.165) is 6.07 Å². The van der Waals surface area contributed by atoms with Gasteiger partial charge < -0.3 is 9.84 Å². The highest BCUT2D eigenvalue weighted by Crippen LogP contribution is 2.43. The van der Waals surface area contributed by atoms with Crippen molar-refractivity contribution in [3.8, 4) is 17.6 Å². The van der Waals surface area contributed by atoms with Crippen molar-refractivity contribution in [1.82, 2.24) is 0 Å². The highest BCUT2D eigenvalue weighted by Gasteiger charge is 2.36. The Morgan fingerprint density at radius 3 is 2.72 bits per heavy atom. The van der Waals surface area contributed by atoms with E-state index in [2.05, 4.69) is 0 Å². The lowest BCUT2D eigenvalue weighted by molar-refractivity contribution is 0.176. The minimum atomic E-state index is -4.83. The van der Waals surface area contributed by atoms with E-state index in [1.54, 1.807) is 18.2 Å². The number of nitrogens with zero attached hydrogens (tertiary/aromatic N) is 1. The van der Waals surface area contributed by atoms with Crippen molar-refractivity contribution < 1.29 is 27.0 Å². The third-order valence-corrected chi connectivity index (χ3v) is 5.45. The molecule has 0 aromatic heterocycles. The first-order valence-corrected chi connectivity index (χ1v) is 8.93. The summed E-state index contributed by atoms with van der Waals surface area (Å²) in [5, 5.41) is 19.0. The zero-order valence-corrected chi connectivity index (χ0v) is 13.6. The molecule has 0 heterocycles. The third kappa shape index (κ3) is 3.08. The van der Waals surface area contributed by atoms with E-state index in [1.807, 2.05) is 6.07 Å². The zero-order valence-electron chi connectivity index (χ0n) is 12.8. The van der Waals surface area contributed by atoms with Crippen LogP contribution in [0.5, 0.6) is 11.5 Å². The molecule has 0 aliphatic heterocycles. The van der Waals surface area contributed by atoms with Crippen molar-refractivity contribution in [2.24, 2.45) is 0 Å². The van der Waals surface area contributed by atoms with Gasteiger partial charge in [0.15, 0.2) is 0 Å². The molecular weight excluding hydrogens is 352 g/mol. The van der Waals surface area contributed by atoms with E-state index in [9.17, 15) is 22.3 Å². The van der Waals surface area contributed by atoms with Crippen molar-refractivity contribution in [3.63, 3.8) is 0 Å². The second-order valence-corrected chi connectivity index (χ2v) is 7.44. The number of alkyl halides is 2. The molecule has 130 valence electrons. The molecule has 0 spiro atoms. The van der Waals surface area contributed by atoms with Crippen LogP contribution in [0.2, 0.25) is 0 Å². The fourth-order valence-corrected chi connectivity index (χ4v) is 3.88. The van der Waals surface area contributed by atoms with Crippen LogP contribution >= 0.6 is 0 Å². The number of halogens is 2. The monoisotopic (exact) mass is 365 g/mol. The fourth-order valence-electron chi connectivity index (χ4n) is 2.87. The number of aliphatic hydroxyl groups excluding tert-OH is 1. The summed E-state index contributed by atoms with van der Waals surface area (Å²) in [6.45, 7) is 0. The Labute approximate surface area is 143 Å². The molecule has 1 atom stereocenters. The van der Waals surface area contributed by atoms with Crippen molar-refractivity contribution >= 4 is 9.84 Å². The Kier molecular flexibility index (Phi) is 4.45. The molecule has 0 amide bonds. The van der Waals surface area contributed by atoms with Crippen LogP contribution in [0.3, 0.4) is 0 Å². The quantitative estimate of drug-likeness (QED) is 0.898. The van der Waals surface area contributed by atoms with Crippen LogP contribution in [0, 0.1) is 11.3 Å². The number of hydrogen-bond donors (Lipinski definition) is 1. The number of benzene rings is 2. The molecule has 1 N–H and O–H groups in total. The molecule has 3 rings (SSSR count). The van der Waals surface area contributed by atoms with E-state index in [-0.39, 0.29) is 17.7 Å². The van der Waals surface area contributed by atoms with Gasteiger partial charge in [0.1, 0.15) is 11.5 Å². The largest absolute Gasteiger partial charge is 0.457 e. The summed E-state index contributed by atoms with van der Waals surface area (Å²) in [6.07, 6.45) is -0.622. The number of rotatable bonds is 4. The van der Waals surface area contributed by atoms with Crippen LogP contribution in [-0.4, -0.2) is 19.3 Å². The first kappa shape index (κ1) is 17.3. The minimum absolute atomic E-state index is 0.0331. The average Bonchev–Trinajstić information content (AvgIpc) is 2.97. The predicted octanol–water partition coefficient (Wildman–Crippen LogP) is 3.33. The molecule has 0 unspecified atom stereocenters. The zero-order chi connectivity index (χ0) is 18.2. The highest BCUT2D eigenvalue weighted by molar-refractivity contribution is 7.91. The van der Waals surface area contributed by atoms with E-state index >= 15 is 0 Å². The van der Waals surface area contributed by atoms with E-state index in [1.165, 1.54) is 12.1 Å². The van der Waals surface area contributed by atoms with Gasteiger partial charge in [-0.2, -0.15) is 14.0 Å². The number of hydrogen-bond acceptors (Lipinski definition) is 5. The summed E-state index contributed by atoms with van der Waals surface area (Å²) in [5.74, 6) is -2.94. The second kappa shape index (κ2) is 6.43. The molecule has 2 aromatic carbocycles. The van der Waals surface area contributed by atoms with Gasteiger partial charge >= 0.3 is 5.76 Å². The Hall–Kier alpha value is -2.50. The van der Waals surface area contributed by atoms with Gasteiger partial charge in [-0.25, -0.2) is 8.42 Å². The van der Waals surface area contributed by atoms with Gasteiger partial charge in [0, 0.05) is 11.1 Å². The van der Waals surface area contributed by atoms with Gasteiger partial charge in [0.05, 0.1) is 22.6 Å². The Bertz CT molecular complexity index is 967. The van der Waals surface area contributed by atoms with Gasteiger partial charge in [-0.15, -0.1) is 0 Å². The maximum Gasteiger partial charge on any atom is 0.341 e. The second-order valence-electron chi connectivity index (χ2n) is 5.56. The molecule has 2 aromatic rings. The maximum absolute atomic E-state index is 12.9.